The number of benzene rings is 2. The van der Waals surface area contributed by atoms with Crippen LogP contribution in [0.1, 0.15) is 10.4 Å². The van der Waals surface area contributed by atoms with E-state index in [1.807, 2.05) is 0 Å². The minimum absolute atomic E-state index is 0.0359. The average molecular weight is 310 g/mol. The number of phenols is 1. The van der Waals surface area contributed by atoms with Crippen LogP contribution in [-0.4, -0.2) is 11.0 Å². The van der Waals surface area contributed by atoms with Crippen LogP contribution in [0, 0.1) is 5.82 Å². The summed E-state index contributed by atoms with van der Waals surface area (Å²) in [5.74, 6) is -1.03. The monoisotopic (exact) mass is 309 g/mol. The van der Waals surface area contributed by atoms with E-state index in [9.17, 15) is 9.18 Å². The van der Waals surface area contributed by atoms with Crippen molar-refractivity contribution in [1.82, 2.24) is 0 Å². The minimum Gasteiger partial charge on any atom is -0.508 e. The number of aromatic hydroxyl groups is 1. The van der Waals surface area contributed by atoms with Gasteiger partial charge in [-0.1, -0.05) is 15.9 Å². The van der Waals surface area contributed by atoms with Crippen LogP contribution in [0.5, 0.6) is 5.75 Å². The normalized spacial score (nSPS) is 10.1. The molecule has 0 aromatic heterocycles. The van der Waals surface area contributed by atoms with Crippen molar-refractivity contribution in [3.05, 3.63) is 58.3 Å². The average Bonchev–Trinajstić information content (AvgIpc) is 2.32. The third kappa shape index (κ3) is 2.87. The molecule has 0 aliphatic carbocycles. The summed E-state index contributed by atoms with van der Waals surface area (Å²) in [5, 5.41) is 11.6. The molecule has 2 N–H and O–H groups in total. The van der Waals surface area contributed by atoms with Gasteiger partial charge in [-0.15, -0.1) is 0 Å². The summed E-state index contributed by atoms with van der Waals surface area (Å²) in [5.41, 5.74) is 0.450. The number of anilines is 1. The number of rotatable bonds is 2. The van der Waals surface area contributed by atoms with Gasteiger partial charge in [0.15, 0.2) is 0 Å². The fourth-order valence-corrected chi connectivity index (χ4v) is 1.75. The molecule has 0 saturated carbocycles. The van der Waals surface area contributed by atoms with Gasteiger partial charge < -0.3 is 10.4 Å². The van der Waals surface area contributed by atoms with E-state index in [-0.39, 0.29) is 11.3 Å². The number of halogens is 2. The zero-order valence-corrected chi connectivity index (χ0v) is 10.7. The maximum Gasteiger partial charge on any atom is 0.258 e. The van der Waals surface area contributed by atoms with Crippen molar-refractivity contribution >= 4 is 27.5 Å². The van der Waals surface area contributed by atoms with Gasteiger partial charge in [0.25, 0.3) is 5.91 Å². The van der Waals surface area contributed by atoms with Gasteiger partial charge in [0.1, 0.15) is 11.6 Å². The molecule has 0 radical (unpaired) electrons. The number of amides is 1. The lowest BCUT2D eigenvalue weighted by molar-refractivity contribution is 0.102. The Hall–Kier alpha value is -1.88. The maximum atomic E-state index is 13.5. The number of carbonyl (C=O) groups is 1. The van der Waals surface area contributed by atoms with Gasteiger partial charge in [0.05, 0.1) is 5.56 Å². The third-order valence-electron chi connectivity index (χ3n) is 2.30. The first kappa shape index (κ1) is 12.6. The van der Waals surface area contributed by atoms with Gasteiger partial charge in [0.2, 0.25) is 0 Å². The topological polar surface area (TPSA) is 49.3 Å². The Labute approximate surface area is 111 Å². The van der Waals surface area contributed by atoms with Crippen molar-refractivity contribution in [2.24, 2.45) is 0 Å². The summed E-state index contributed by atoms with van der Waals surface area (Å²) in [6, 6.07) is 10.2. The van der Waals surface area contributed by atoms with Gasteiger partial charge in [0, 0.05) is 10.2 Å². The smallest absolute Gasteiger partial charge is 0.258 e. The quantitative estimate of drug-likeness (QED) is 0.834. The molecule has 0 bridgehead atoms. The fourth-order valence-electron chi connectivity index (χ4n) is 1.42. The summed E-state index contributed by atoms with van der Waals surface area (Å²) < 4.78 is 14.1. The molecule has 5 heteroatoms. The van der Waals surface area contributed by atoms with Crippen molar-refractivity contribution in [2.75, 3.05) is 5.32 Å². The molecule has 2 rings (SSSR count). The summed E-state index contributed by atoms with van der Waals surface area (Å²) in [6.07, 6.45) is 0. The van der Waals surface area contributed by atoms with Crippen molar-refractivity contribution in [3.63, 3.8) is 0 Å². The molecular formula is C13H9BrFNO2. The first-order valence-electron chi connectivity index (χ1n) is 5.12. The molecule has 2 aromatic rings. The Kier molecular flexibility index (Phi) is 3.62. The first-order chi connectivity index (χ1) is 8.56. The summed E-state index contributed by atoms with van der Waals surface area (Å²) in [6.45, 7) is 0. The Morgan fingerprint density at radius 3 is 2.44 bits per heavy atom. The highest BCUT2D eigenvalue weighted by Gasteiger charge is 2.11. The van der Waals surface area contributed by atoms with Crippen LogP contribution < -0.4 is 5.32 Å². The predicted molar refractivity (Wildman–Crippen MR) is 70.2 cm³/mol. The second kappa shape index (κ2) is 5.18. The van der Waals surface area contributed by atoms with E-state index in [1.54, 1.807) is 6.07 Å². The molecule has 2 aromatic carbocycles. The largest absolute Gasteiger partial charge is 0.508 e. The highest BCUT2D eigenvalue weighted by Crippen LogP contribution is 2.18. The van der Waals surface area contributed by atoms with E-state index in [0.717, 1.165) is 0 Å². The van der Waals surface area contributed by atoms with Gasteiger partial charge in [-0.2, -0.15) is 0 Å². The number of nitrogens with one attached hydrogen (secondary N) is 1. The Morgan fingerprint density at radius 2 is 1.83 bits per heavy atom. The van der Waals surface area contributed by atoms with Crippen LogP contribution in [0.4, 0.5) is 10.1 Å². The first-order valence-corrected chi connectivity index (χ1v) is 5.91. The number of carbonyl (C=O) groups excluding carboxylic acids is 1. The van der Waals surface area contributed by atoms with Crippen molar-refractivity contribution in [1.29, 1.82) is 0 Å². The Morgan fingerprint density at radius 1 is 1.17 bits per heavy atom. The summed E-state index contributed by atoms with van der Waals surface area (Å²) in [4.78, 5) is 11.8. The van der Waals surface area contributed by atoms with Gasteiger partial charge in [-0.25, -0.2) is 4.39 Å². The van der Waals surface area contributed by atoms with E-state index >= 15 is 0 Å². The SMILES string of the molecule is O=C(Nc1ccc(O)cc1)c1ccc(Br)cc1F. The molecule has 0 aliphatic heterocycles. The molecule has 0 fully saturated rings. The van der Waals surface area contributed by atoms with Crippen LogP contribution in [0.25, 0.3) is 0 Å². The lowest BCUT2D eigenvalue weighted by Crippen LogP contribution is -2.13. The van der Waals surface area contributed by atoms with Gasteiger partial charge in [-0.3, -0.25) is 4.79 Å². The summed E-state index contributed by atoms with van der Waals surface area (Å²) in [7, 11) is 0. The lowest BCUT2D eigenvalue weighted by atomic mass is 10.2. The summed E-state index contributed by atoms with van der Waals surface area (Å²) >= 11 is 3.12. The molecule has 0 heterocycles. The third-order valence-corrected chi connectivity index (χ3v) is 2.79. The van der Waals surface area contributed by atoms with Crippen LogP contribution in [0.15, 0.2) is 46.9 Å². The van der Waals surface area contributed by atoms with Crippen molar-refractivity contribution in [3.8, 4) is 5.75 Å². The molecule has 3 nitrogen and oxygen atoms in total. The zero-order valence-electron chi connectivity index (χ0n) is 9.15. The highest BCUT2D eigenvalue weighted by molar-refractivity contribution is 9.10. The van der Waals surface area contributed by atoms with Gasteiger partial charge in [-0.05, 0) is 42.5 Å². The molecule has 92 valence electrons. The molecule has 0 aliphatic rings. The molecule has 1 amide bonds. The number of hydrogen-bond acceptors (Lipinski definition) is 2. The molecule has 0 unspecified atom stereocenters. The van der Waals surface area contributed by atoms with E-state index in [1.165, 1.54) is 36.4 Å². The van der Waals surface area contributed by atoms with E-state index in [0.29, 0.717) is 10.2 Å². The van der Waals surface area contributed by atoms with E-state index in [2.05, 4.69) is 21.2 Å². The highest BCUT2D eigenvalue weighted by atomic mass is 79.9. The fraction of sp³-hybridized carbons (Fsp3) is 0. The van der Waals surface area contributed by atoms with Gasteiger partial charge >= 0.3 is 0 Å². The molecular weight excluding hydrogens is 301 g/mol. The van der Waals surface area contributed by atoms with E-state index in [4.69, 9.17) is 5.11 Å². The second-order valence-electron chi connectivity index (χ2n) is 3.63. The molecule has 0 atom stereocenters. The number of hydrogen-bond donors (Lipinski definition) is 2. The number of phenolic OH excluding ortho intramolecular Hbond substituents is 1. The molecule has 0 spiro atoms. The van der Waals surface area contributed by atoms with E-state index < -0.39 is 11.7 Å². The predicted octanol–water partition coefficient (Wildman–Crippen LogP) is 3.55. The maximum absolute atomic E-state index is 13.5. The Balaban J connectivity index is 2.19. The van der Waals surface area contributed by atoms with Crippen LogP contribution in [0.2, 0.25) is 0 Å². The molecule has 0 saturated heterocycles. The van der Waals surface area contributed by atoms with Crippen LogP contribution in [-0.2, 0) is 0 Å². The lowest BCUT2D eigenvalue weighted by Gasteiger charge is -2.06. The second-order valence-corrected chi connectivity index (χ2v) is 4.54. The van der Waals surface area contributed by atoms with Crippen molar-refractivity contribution in [2.45, 2.75) is 0 Å². The molecule has 18 heavy (non-hydrogen) atoms. The van der Waals surface area contributed by atoms with Crippen LogP contribution >= 0.6 is 15.9 Å². The standard InChI is InChI=1S/C13H9BrFNO2/c14-8-1-6-11(12(15)7-8)13(18)16-9-2-4-10(17)5-3-9/h1-7,17H,(H,16,18). The van der Waals surface area contributed by atoms with Crippen LogP contribution in [0.3, 0.4) is 0 Å². The van der Waals surface area contributed by atoms with Crippen molar-refractivity contribution < 1.29 is 14.3 Å². The zero-order chi connectivity index (χ0) is 13.1. The minimum atomic E-state index is -0.597. The Bertz CT molecular complexity index is 584.